The van der Waals surface area contributed by atoms with Crippen LogP contribution in [0.15, 0.2) is 82.7 Å². The number of thioether (sulfide) groups is 1. The van der Waals surface area contributed by atoms with Crippen LogP contribution >= 0.6 is 23.1 Å². The van der Waals surface area contributed by atoms with Gasteiger partial charge >= 0.3 is 5.91 Å². The zero-order chi connectivity index (χ0) is 29.6. The van der Waals surface area contributed by atoms with Crippen LogP contribution in [0.1, 0.15) is 54.5 Å². The van der Waals surface area contributed by atoms with E-state index >= 15 is 0 Å². The van der Waals surface area contributed by atoms with E-state index in [9.17, 15) is 19.1 Å². The number of carbonyl (C=O) groups excluding carboxylic acids is 2. The van der Waals surface area contributed by atoms with Crippen molar-refractivity contribution in [2.75, 3.05) is 11.5 Å². The Morgan fingerprint density at radius 2 is 1.71 bits per heavy atom. The Morgan fingerprint density at radius 3 is 2.40 bits per heavy atom. The molecule has 1 atom stereocenters. The molecule has 1 aromatic heterocycles. The predicted molar refractivity (Wildman–Crippen MR) is 163 cm³/mol. The molecule has 1 amide bonds. The molecule has 1 aliphatic rings. The van der Waals surface area contributed by atoms with Crippen LogP contribution in [0.2, 0.25) is 0 Å². The van der Waals surface area contributed by atoms with Crippen molar-refractivity contribution in [1.29, 1.82) is 0 Å². The second-order valence-corrected chi connectivity index (χ2v) is 12.1. The fourth-order valence-electron chi connectivity index (χ4n) is 4.58. The Balaban J connectivity index is 1.48. The number of unbranched alkanes of at least 4 members (excludes halogenated alkanes) is 2. The Hall–Kier alpha value is -4.02. The van der Waals surface area contributed by atoms with Crippen LogP contribution in [-0.2, 0) is 15.3 Å². The number of aromatic nitrogens is 2. The van der Waals surface area contributed by atoms with Crippen molar-refractivity contribution >= 4 is 45.7 Å². The molecule has 0 spiro atoms. The summed E-state index contributed by atoms with van der Waals surface area (Å²) in [5, 5.41) is 20.1. The quantitative estimate of drug-likeness (QED) is 0.0475. The molecule has 1 unspecified atom stereocenters. The van der Waals surface area contributed by atoms with Gasteiger partial charge in [0.15, 0.2) is 4.34 Å². The summed E-state index contributed by atoms with van der Waals surface area (Å²) in [4.78, 5) is 28.2. The van der Waals surface area contributed by atoms with Gasteiger partial charge in [-0.1, -0.05) is 97.0 Å². The van der Waals surface area contributed by atoms with Crippen LogP contribution in [0.5, 0.6) is 5.75 Å². The minimum atomic E-state index is -0.914. The molecule has 0 aliphatic carbocycles. The lowest BCUT2D eigenvalue weighted by Gasteiger charge is -2.22. The number of rotatable bonds is 11. The van der Waals surface area contributed by atoms with Gasteiger partial charge in [-0.05, 0) is 48.7 Å². The molecule has 4 aromatic rings. The average Bonchev–Trinajstić information content (AvgIpc) is 3.57. The van der Waals surface area contributed by atoms with Crippen molar-refractivity contribution in [3.63, 3.8) is 0 Å². The fraction of sp³-hybridized carbons (Fsp3) is 0.250. The molecular weight excluding hydrogens is 574 g/mol. The van der Waals surface area contributed by atoms with E-state index in [0.717, 1.165) is 30.4 Å². The first kappa shape index (κ1) is 29.5. The molecule has 2 heterocycles. The molecule has 1 fully saturated rings. The van der Waals surface area contributed by atoms with Crippen molar-refractivity contribution in [1.82, 2.24) is 10.2 Å². The maximum atomic E-state index is 13.5. The topological polar surface area (TPSA) is 92.6 Å². The highest BCUT2D eigenvalue weighted by Crippen LogP contribution is 2.44. The highest BCUT2D eigenvalue weighted by atomic mass is 32.2. The molecular formula is C32H30FN3O4S2. The minimum absolute atomic E-state index is 0.0174. The number of benzene rings is 3. The second-order valence-electron chi connectivity index (χ2n) is 9.93. The van der Waals surface area contributed by atoms with Gasteiger partial charge in [-0.25, -0.2) is 4.39 Å². The smallest absolute Gasteiger partial charge is 0.301 e. The molecule has 0 radical (unpaired) electrons. The minimum Gasteiger partial charge on any atom is -0.507 e. The maximum Gasteiger partial charge on any atom is 0.301 e. The summed E-state index contributed by atoms with van der Waals surface area (Å²) in [5.41, 5.74) is 2.95. The number of anilines is 1. The van der Waals surface area contributed by atoms with E-state index in [1.165, 1.54) is 40.1 Å². The number of aliphatic hydroxyl groups excluding tert-OH is 1. The Kier molecular flexibility index (Phi) is 9.34. The third-order valence-electron chi connectivity index (χ3n) is 6.86. The van der Waals surface area contributed by atoms with Gasteiger partial charge in [0.05, 0.1) is 18.2 Å². The largest absolute Gasteiger partial charge is 0.507 e. The van der Waals surface area contributed by atoms with Crippen molar-refractivity contribution in [2.24, 2.45) is 0 Å². The number of hydrogen-bond acceptors (Lipinski definition) is 8. The van der Waals surface area contributed by atoms with Crippen LogP contribution in [0.25, 0.3) is 5.76 Å². The number of carbonyl (C=O) groups is 2. The standard InChI is InChI=1S/C32H30FN3O4S2/c1-3-4-5-18-40-25-16-12-22(13-17-25)27-26(28(37)23-10-6-20(2)7-11-23)29(38)30(39)36(27)31-34-35-32(42-31)41-19-21-8-14-24(33)15-9-21/h6-17,27,37H,3-5,18-19H2,1-2H3/b28-26-. The van der Waals surface area contributed by atoms with Crippen molar-refractivity contribution in [2.45, 2.75) is 49.2 Å². The van der Waals surface area contributed by atoms with Gasteiger partial charge in [0, 0.05) is 11.3 Å². The molecule has 1 aliphatic heterocycles. The zero-order valence-electron chi connectivity index (χ0n) is 23.2. The summed E-state index contributed by atoms with van der Waals surface area (Å²) in [6.07, 6.45) is 3.13. The molecule has 1 saturated heterocycles. The van der Waals surface area contributed by atoms with E-state index in [1.54, 1.807) is 48.5 Å². The Labute approximate surface area is 252 Å². The van der Waals surface area contributed by atoms with E-state index in [-0.39, 0.29) is 22.3 Å². The lowest BCUT2D eigenvalue weighted by molar-refractivity contribution is -0.132. The monoisotopic (exact) mass is 603 g/mol. The van der Waals surface area contributed by atoms with Gasteiger partial charge in [-0.2, -0.15) is 0 Å². The van der Waals surface area contributed by atoms with Gasteiger partial charge in [0.1, 0.15) is 17.3 Å². The fourth-order valence-corrected chi connectivity index (χ4v) is 6.41. The SMILES string of the molecule is CCCCCOc1ccc(C2/C(=C(/O)c3ccc(C)cc3)C(=O)C(=O)N2c2nnc(SCc3ccc(F)cc3)s2)cc1. The normalized spacial score (nSPS) is 16.3. The summed E-state index contributed by atoms with van der Waals surface area (Å²) >= 11 is 2.58. The van der Waals surface area contributed by atoms with E-state index in [1.807, 2.05) is 19.1 Å². The highest BCUT2D eigenvalue weighted by molar-refractivity contribution is 8.00. The number of ether oxygens (including phenoxy) is 1. The molecule has 0 bridgehead atoms. The number of halogens is 1. The lowest BCUT2D eigenvalue weighted by atomic mass is 9.95. The van der Waals surface area contributed by atoms with E-state index in [0.29, 0.717) is 33.6 Å². The number of nitrogens with zero attached hydrogens (tertiary/aromatic N) is 3. The molecule has 216 valence electrons. The number of hydrogen-bond donors (Lipinski definition) is 1. The average molecular weight is 604 g/mol. The molecule has 10 heteroatoms. The molecule has 0 saturated carbocycles. The summed E-state index contributed by atoms with van der Waals surface area (Å²) < 4.78 is 19.7. The van der Waals surface area contributed by atoms with Crippen LogP contribution in [0.4, 0.5) is 9.52 Å². The number of aryl methyl sites for hydroxylation is 1. The van der Waals surface area contributed by atoms with E-state index < -0.39 is 17.7 Å². The molecule has 7 nitrogen and oxygen atoms in total. The van der Waals surface area contributed by atoms with Gasteiger partial charge in [-0.15, -0.1) is 10.2 Å². The van der Waals surface area contributed by atoms with Gasteiger partial charge in [-0.3, -0.25) is 14.5 Å². The first-order valence-electron chi connectivity index (χ1n) is 13.7. The van der Waals surface area contributed by atoms with Crippen molar-refractivity contribution in [3.8, 4) is 5.75 Å². The van der Waals surface area contributed by atoms with Crippen molar-refractivity contribution < 1.29 is 23.8 Å². The lowest BCUT2D eigenvalue weighted by Crippen LogP contribution is -2.29. The van der Waals surface area contributed by atoms with Crippen LogP contribution < -0.4 is 9.64 Å². The van der Waals surface area contributed by atoms with Crippen LogP contribution in [-0.4, -0.2) is 33.6 Å². The van der Waals surface area contributed by atoms with Gasteiger partial charge < -0.3 is 9.84 Å². The zero-order valence-corrected chi connectivity index (χ0v) is 24.9. The predicted octanol–water partition coefficient (Wildman–Crippen LogP) is 7.47. The van der Waals surface area contributed by atoms with Crippen LogP contribution in [0.3, 0.4) is 0 Å². The summed E-state index contributed by atoms with van der Waals surface area (Å²) in [6.45, 7) is 4.66. The Bertz CT molecular complexity index is 1590. The first-order chi connectivity index (χ1) is 20.4. The molecule has 5 rings (SSSR count). The van der Waals surface area contributed by atoms with Gasteiger partial charge in [0.2, 0.25) is 5.13 Å². The number of aliphatic hydroxyl groups is 1. The third kappa shape index (κ3) is 6.55. The van der Waals surface area contributed by atoms with Crippen molar-refractivity contribution in [3.05, 3.63) is 106 Å². The van der Waals surface area contributed by atoms with Gasteiger partial charge in [0.25, 0.3) is 5.78 Å². The second kappa shape index (κ2) is 13.3. The third-order valence-corrected chi connectivity index (χ3v) is 8.99. The highest BCUT2D eigenvalue weighted by Gasteiger charge is 2.48. The number of Topliss-reactive ketones (excluding diaryl/α,β-unsaturated/α-hetero) is 1. The van der Waals surface area contributed by atoms with E-state index in [4.69, 9.17) is 4.74 Å². The maximum absolute atomic E-state index is 13.5. The summed E-state index contributed by atoms with van der Waals surface area (Å²) in [6, 6.07) is 19.6. The Morgan fingerprint density at radius 1 is 1.00 bits per heavy atom. The molecule has 1 N–H and O–H groups in total. The van der Waals surface area contributed by atoms with Crippen LogP contribution in [0, 0.1) is 12.7 Å². The molecule has 3 aromatic carbocycles. The number of ketones is 1. The first-order valence-corrected chi connectivity index (χ1v) is 15.5. The molecule has 42 heavy (non-hydrogen) atoms. The summed E-state index contributed by atoms with van der Waals surface area (Å²) in [7, 11) is 0. The van der Waals surface area contributed by atoms with E-state index in [2.05, 4.69) is 17.1 Å². The number of amides is 1. The summed E-state index contributed by atoms with van der Waals surface area (Å²) in [5.74, 6) is -0.936.